The molecule has 1 aliphatic carbocycles. The summed E-state index contributed by atoms with van der Waals surface area (Å²) in [6, 6.07) is 20.4. The summed E-state index contributed by atoms with van der Waals surface area (Å²) >= 11 is 0. The highest BCUT2D eigenvalue weighted by Gasteiger charge is 2.37. The van der Waals surface area contributed by atoms with Gasteiger partial charge in [-0.05, 0) is 35.1 Å². The Labute approximate surface area is 204 Å². The van der Waals surface area contributed by atoms with Gasteiger partial charge in [0.15, 0.2) is 0 Å². The van der Waals surface area contributed by atoms with Gasteiger partial charge in [-0.15, -0.1) is 0 Å². The van der Waals surface area contributed by atoms with Gasteiger partial charge in [-0.1, -0.05) is 76.2 Å². The fourth-order valence-corrected chi connectivity index (χ4v) is 6.33. The zero-order valence-electron chi connectivity index (χ0n) is 20.3. The van der Waals surface area contributed by atoms with E-state index < -0.39 is 0 Å². The molecule has 0 amide bonds. The van der Waals surface area contributed by atoms with Crippen molar-refractivity contribution in [3.8, 4) is 34.1 Å². The number of methoxy groups -OCH3 is 4. The quantitative estimate of drug-likeness (QED) is 0.356. The Bertz CT molecular complexity index is 1170. The molecule has 0 N–H and O–H groups in total. The van der Waals surface area contributed by atoms with Crippen LogP contribution in [0.25, 0.3) is 11.1 Å². The van der Waals surface area contributed by atoms with Gasteiger partial charge in [-0.3, -0.25) is 0 Å². The van der Waals surface area contributed by atoms with Crippen LogP contribution in [0.1, 0.15) is 18.4 Å². The van der Waals surface area contributed by atoms with Gasteiger partial charge in [0, 0.05) is 16.6 Å². The molecule has 0 fully saturated rings. The van der Waals surface area contributed by atoms with E-state index in [9.17, 15) is 0 Å². The third-order valence-corrected chi connectivity index (χ3v) is 8.03. The standard InChI is InChI=1S/C29H31O4P/c1-29(19-9-8-13-21(29)28-24(32-4)16-11-17-25(28)33-5)34-26-18-7-6-12-20(26)27-22(30-2)14-10-15-23(27)31-3/h6-19,21,34H,1-5H3. The second-order valence-electron chi connectivity index (χ2n) is 8.29. The number of ether oxygens (including phenoxy) is 4. The van der Waals surface area contributed by atoms with Crippen LogP contribution in [0.3, 0.4) is 0 Å². The zero-order valence-corrected chi connectivity index (χ0v) is 21.3. The number of hydrogen-bond acceptors (Lipinski definition) is 4. The summed E-state index contributed by atoms with van der Waals surface area (Å²) in [7, 11) is 7.29. The summed E-state index contributed by atoms with van der Waals surface area (Å²) in [5.74, 6) is 3.34. The van der Waals surface area contributed by atoms with Gasteiger partial charge in [-0.2, -0.15) is 0 Å². The Morgan fingerprint density at radius 3 is 1.82 bits per heavy atom. The first-order valence-corrected chi connectivity index (χ1v) is 12.2. The minimum atomic E-state index is -0.192. The summed E-state index contributed by atoms with van der Waals surface area (Å²) in [6.07, 6.45) is 8.80. The van der Waals surface area contributed by atoms with E-state index >= 15 is 0 Å². The SMILES string of the molecule is COc1cccc(OC)c1-c1ccccc1PC1(C)C=CC=CC1c1c(OC)cccc1OC. The van der Waals surface area contributed by atoms with E-state index in [2.05, 4.69) is 55.5 Å². The summed E-state index contributed by atoms with van der Waals surface area (Å²) in [4.78, 5) is 0. The molecule has 5 heteroatoms. The minimum absolute atomic E-state index is 0.0783. The van der Waals surface area contributed by atoms with Crippen molar-refractivity contribution >= 4 is 13.9 Å². The Kier molecular flexibility index (Phi) is 7.29. The predicted molar refractivity (Wildman–Crippen MR) is 142 cm³/mol. The molecule has 1 aliphatic rings. The van der Waals surface area contributed by atoms with Crippen LogP contribution in [-0.2, 0) is 0 Å². The lowest BCUT2D eigenvalue weighted by molar-refractivity contribution is 0.379. The first-order valence-electron chi connectivity index (χ1n) is 11.2. The molecule has 0 saturated carbocycles. The van der Waals surface area contributed by atoms with E-state index in [-0.39, 0.29) is 11.1 Å². The molecule has 176 valence electrons. The number of benzene rings is 3. The smallest absolute Gasteiger partial charge is 0.130 e. The highest BCUT2D eigenvalue weighted by Crippen LogP contribution is 2.52. The minimum Gasteiger partial charge on any atom is -0.496 e. The monoisotopic (exact) mass is 474 g/mol. The average molecular weight is 475 g/mol. The van der Waals surface area contributed by atoms with Gasteiger partial charge in [0.2, 0.25) is 0 Å². The van der Waals surface area contributed by atoms with E-state index in [1.807, 2.05) is 36.4 Å². The molecule has 4 nitrogen and oxygen atoms in total. The van der Waals surface area contributed by atoms with Crippen molar-refractivity contribution in [2.75, 3.05) is 28.4 Å². The lowest BCUT2D eigenvalue weighted by Gasteiger charge is -2.37. The van der Waals surface area contributed by atoms with Gasteiger partial charge < -0.3 is 18.9 Å². The molecule has 4 rings (SSSR count). The van der Waals surface area contributed by atoms with Crippen LogP contribution in [-0.4, -0.2) is 33.6 Å². The van der Waals surface area contributed by atoms with Crippen molar-refractivity contribution < 1.29 is 18.9 Å². The fourth-order valence-electron chi connectivity index (χ4n) is 4.65. The molecule has 3 atom stereocenters. The molecular weight excluding hydrogens is 443 g/mol. The van der Waals surface area contributed by atoms with Crippen LogP contribution >= 0.6 is 8.58 Å². The molecule has 34 heavy (non-hydrogen) atoms. The molecule has 0 heterocycles. The summed E-state index contributed by atoms with van der Waals surface area (Å²) in [6.45, 7) is 2.30. The predicted octanol–water partition coefficient (Wildman–Crippen LogP) is 6.36. The molecule has 3 aromatic rings. The lowest BCUT2D eigenvalue weighted by atomic mass is 9.82. The van der Waals surface area contributed by atoms with Gasteiger partial charge in [-0.25, -0.2) is 0 Å². The second-order valence-corrected chi connectivity index (χ2v) is 10.2. The van der Waals surface area contributed by atoms with Crippen LogP contribution in [0, 0.1) is 0 Å². The second kappa shape index (κ2) is 10.4. The molecule has 0 saturated heterocycles. The molecular formula is C29H31O4P. The Morgan fingerprint density at radius 1 is 0.676 bits per heavy atom. The molecule has 0 aromatic heterocycles. The largest absolute Gasteiger partial charge is 0.496 e. The lowest BCUT2D eigenvalue weighted by Crippen LogP contribution is -2.29. The third-order valence-electron chi connectivity index (χ3n) is 6.31. The maximum atomic E-state index is 5.77. The van der Waals surface area contributed by atoms with Crippen LogP contribution in [0.5, 0.6) is 23.0 Å². The first-order chi connectivity index (χ1) is 16.6. The van der Waals surface area contributed by atoms with Gasteiger partial charge in [0.05, 0.1) is 34.0 Å². The molecule has 0 aliphatic heterocycles. The summed E-state index contributed by atoms with van der Waals surface area (Å²) in [5, 5.41) is 1.05. The van der Waals surface area contributed by atoms with E-state index in [0.29, 0.717) is 8.58 Å². The van der Waals surface area contributed by atoms with Crippen LogP contribution in [0.15, 0.2) is 85.0 Å². The number of rotatable bonds is 8. The Hall–Kier alpha value is -3.23. The van der Waals surface area contributed by atoms with Crippen molar-refractivity contribution in [3.05, 3.63) is 90.5 Å². The maximum absolute atomic E-state index is 5.77. The average Bonchev–Trinajstić information content (AvgIpc) is 2.88. The Morgan fingerprint density at radius 2 is 1.24 bits per heavy atom. The third kappa shape index (κ3) is 4.43. The van der Waals surface area contributed by atoms with E-state index in [4.69, 9.17) is 18.9 Å². The number of hydrogen-bond donors (Lipinski definition) is 0. The molecule has 0 radical (unpaired) electrons. The summed E-state index contributed by atoms with van der Waals surface area (Å²) < 4.78 is 23.0. The van der Waals surface area contributed by atoms with Crippen LogP contribution in [0.4, 0.5) is 0 Å². The van der Waals surface area contributed by atoms with Gasteiger partial charge in [0.1, 0.15) is 23.0 Å². The Balaban J connectivity index is 1.83. The van der Waals surface area contributed by atoms with Crippen molar-refractivity contribution in [2.45, 2.75) is 18.0 Å². The van der Waals surface area contributed by atoms with E-state index in [0.717, 1.165) is 39.7 Å². The van der Waals surface area contributed by atoms with E-state index in [1.165, 1.54) is 5.30 Å². The van der Waals surface area contributed by atoms with E-state index in [1.54, 1.807) is 28.4 Å². The highest BCUT2D eigenvalue weighted by molar-refractivity contribution is 7.49. The van der Waals surface area contributed by atoms with Crippen molar-refractivity contribution in [2.24, 2.45) is 0 Å². The first kappa shape index (κ1) is 23.9. The summed E-state index contributed by atoms with van der Waals surface area (Å²) in [5.41, 5.74) is 3.15. The highest BCUT2D eigenvalue weighted by atomic mass is 31.1. The zero-order chi connectivity index (χ0) is 24.1. The molecule has 0 bridgehead atoms. The normalized spacial score (nSPS) is 19.4. The van der Waals surface area contributed by atoms with Crippen molar-refractivity contribution in [3.63, 3.8) is 0 Å². The van der Waals surface area contributed by atoms with Crippen LogP contribution in [0.2, 0.25) is 0 Å². The topological polar surface area (TPSA) is 36.9 Å². The van der Waals surface area contributed by atoms with Gasteiger partial charge in [0.25, 0.3) is 0 Å². The van der Waals surface area contributed by atoms with Gasteiger partial charge >= 0.3 is 0 Å². The molecule has 0 spiro atoms. The van der Waals surface area contributed by atoms with Crippen molar-refractivity contribution in [1.82, 2.24) is 0 Å². The molecule has 3 unspecified atom stereocenters. The fraction of sp³-hybridized carbons (Fsp3) is 0.241. The maximum Gasteiger partial charge on any atom is 0.130 e. The van der Waals surface area contributed by atoms with Crippen LogP contribution < -0.4 is 24.3 Å². The van der Waals surface area contributed by atoms with Crippen molar-refractivity contribution in [1.29, 1.82) is 0 Å². The number of allylic oxidation sites excluding steroid dienone is 4. The molecule has 3 aromatic carbocycles.